The molecule has 1 aromatic carbocycles. The molecule has 0 spiro atoms. The molecule has 0 saturated carbocycles. The number of benzene rings is 1. The minimum Gasteiger partial charge on any atom is -0.459 e. The smallest absolute Gasteiger partial charge is 0.272 e. The van der Waals surface area contributed by atoms with Gasteiger partial charge in [0.1, 0.15) is 11.3 Å². The fourth-order valence-corrected chi connectivity index (χ4v) is 2.50. The summed E-state index contributed by atoms with van der Waals surface area (Å²) in [5.74, 6) is 0.449. The molecule has 23 heavy (non-hydrogen) atoms. The van der Waals surface area contributed by atoms with Crippen molar-refractivity contribution in [2.45, 2.75) is 13.0 Å². The number of fused-ring (bicyclic) bond motifs is 2. The van der Waals surface area contributed by atoms with Gasteiger partial charge >= 0.3 is 0 Å². The van der Waals surface area contributed by atoms with Crippen molar-refractivity contribution in [3.05, 3.63) is 66.3 Å². The summed E-state index contributed by atoms with van der Waals surface area (Å²) in [6, 6.07) is 12.8. The van der Waals surface area contributed by atoms with E-state index in [1.54, 1.807) is 29.0 Å². The number of rotatable bonds is 3. The molecule has 3 aromatic heterocycles. The number of nitrogens with zero attached hydrogens (tertiary/aromatic N) is 3. The molecule has 0 fully saturated rings. The van der Waals surface area contributed by atoms with E-state index in [1.807, 2.05) is 37.3 Å². The van der Waals surface area contributed by atoms with E-state index >= 15 is 0 Å². The van der Waals surface area contributed by atoms with E-state index in [2.05, 4.69) is 15.4 Å². The van der Waals surface area contributed by atoms with Gasteiger partial charge in [0, 0.05) is 23.8 Å². The summed E-state index contributed by atoms with van der Waals surface area (Å²) < 4.78 is 7.34. The van der Waals surface area contributed by atoms with E-state index in [-0.39, 0.29) is 11.9 Å². The lowest BCUT2D eigenvalue weighted by molar-refractivity contribution is 0.0930. The fraction of sp³-hybridized carbons (Fsp3) is 0.118. The van der Waals surface area contributed by atoms with Crippen LogP contribution in [0.4, 0.5) is 0 Å². The molecule has 6 nitrogen and oxygen atoms in total. The van der Waals surface area contributed by atoms with Crippen molar-refractivity contribution >= 4 is 22.5 Å². The third-order valence-electron chi connectivity index (χ3n) is 3.69. The molecule has 6 heteroatoms. The molecule has 1 amide bonds. The topological polar surface area (TPSA) is 72.4 Å². The van der Waals surface area contributed by atoms with Gasteiger partial charge in [0.25, 0.3) is 5.91 Å². The Balaban J connectivity index is 1.57. The zero-order chi connectivity index (χ0) is 15.8. The van der Waals surface area contributed by atoms with Crippen molar-refractivity contribution in [3.8, 4) is 0 Å². The molecular formula is C17H14N4O2. The first-order valence-electron chi connectivity index (χ1n) is 7.30. The predicted octanol–water partition coefficient (Wildman–Crippen LogP) is 2.97. The van der Waals surface area contributed by atoms with Gasteiger partial charge in [-0.05, 0) is 25.1 Å². The van der Waals surface area contributed by atoms with Crippen LogP contribution < -0.4 is 5.32 Å². The van der Waals surface area contributed by atoms with Crippen LogP contribution in [0.25, 0.3) is 16.6 Å². The molecule has 0 aliphatic heterocycles. The number of furan rings is 1. The summed E-state index contributed by atoms with van der Waals surface area (Å²) in [6.07, 6.45) is 3.41. The normalized spacial score (nSPS) is 12.6. The molecule has 0 aliphatic rings. The largest absolute Gasteiger partial charge is 0.459 e. The van der Waals surface area contributed by atoms with Crippen LogP contribution in [0.15, 0.2) is 59.3 Å². The number of aromatic nitrogens is 3. The molecule has 1 N–H and O–H groups in total. The number of hydrogen-bond acceptors (Lipinski definition) is 4. The molecule has 4 aromatic rings. The minimum atomic E-state index is -0.261. The fourth-order valence-electron chi connectivity index (χ4n) is 2.50. The first-order valence-corrected chi connectivity index (χ1v) is 7.30. The summed E-state index contributed by atoms with van der Waals surface area (Å²) in [6.45, 7) is 1.88. The number of nitrogens with one attached hydrogen (secondary N) is 1. The average molecular weight is 306 g/mol. The van der Waals surface area contributed by atoms with Gasteiger partial charge in [0.2, 0.25) is 0 Å². The van der Waals surface area contributed by atoms with Crippen LogP contribution in [0.5, 0.6) is 0 Å². The lowest BCUT2D eigenvalue weighted by Gasteiger charge is -2.09. The van der Waals surface area contributed by atoms with Crippen LogP contribution >= 0.6 is 0 Å². The highest BCUT2D eigenvalue weighted by Crippen LogP contribution is 2.23. The van der Waals surface area contributed by atoms with Crippen LogP contribution in [-0.4, -0.2) is 20.5 Å². The first kappa shape index (κ1) is 13.5. The summed E-state index contributed by atoms with van der Waals surface area (Å²) >= 11 is 0. The van der Waals surface area contributed by atoms with Gasteiger partial charge in [-0.3, -0.25) is 4.79 Å². The van der Waals surface area contributed by atoms with Crippen molar-refractivity contribution in [2.24, 2.45) is 0 Å². The van der Waals surface area contributed by atoms with Crippen LogP contribution in [0.3, 0.4) is 0 Å². The number of carbonyl (C=O) groups excluding carboxylic acids is 1. The van der Waals surface area contributed by atoms with E-state index in [0.29, 0.717) is 17.1 Å². The van der Waals surface area contributed by atoms with E-state index in [4.69, 9.17) is 4.42 Å². The third-order valence-corrected chi connectivity index (χ3v) is 3.69. The van der Waals surface area contributed by atoms with Gasteiger partial charge in [-0.1, -0.05) is 18.2 Å². The first-order chi connectivity index (χ1) is 11.2. The van der Waals surface area contributed by atoms with Gasteiger partial charge in [-0.25, -0.2) is 9.50 Å². The number of hydrogen-bond donors (Lipinski definition) is 1. The molecule has 3 heterocycles. The standard InChI is InChI=1S/C17H14N4O2/c1-11(15-9-12-5-2-3-6-14(12)23-15)19-17(22)13-10-16-18-7-4-8-21(16)20-13/h2-11H,1H3,(H,19,22)/t11-/m0/s1. The van der Waals surface area contributed by atoms with Gasteiger partial charge < -0.3 is 9.73 Å². The minimum absolute atomic E-state index is 0.257. The molecule has 0 bridgehead atoms. The number of amides is 1. The monoisotopic (exact) mass is 306 g/mol. The number of para-hydroxylation sites is 1. The van der Waals surface area contributed by atoms with Crippen molar-refractivity contribution in [1.29, 1.82) is 0 Å². The molecule has 1 atom stereocenters. The Morgan fingerprint density at radius 1 is 1.26 bits per heavy atom. The zero-order valence-corrected chi connectivity index (χ0v) is 12.4. The lowest BCUT2D eigenvalue weighted by Crippen LogP contribution is -2.26. The highest BCUT2D eigenvalue weighted by Gasteiger charge is 2.17. The van der Waals surface area contributed by atoms with Crippen molar-refractivity contribution in [2.75, 3.05) is 0 Å². The van der Waals surface area contributed by atoms with E-state index < -0.39 is 0 Å². The summed E-state index contributed by atoms with van der Waals surface area (Å²) in [7, 11) is 0. The summed E-state index contributed by atoms with van der Waals surface area (Å²) in [5, 5.41) is 8.13. The highest BCUT2D eigenvalue weighted by atomic mass is 16.3. The van der Waals surface area contributed by atoms with E-state index in [0.717, 1.165) is 11.0 Å². The maximum Gasteiger partial charge on any atom is 0.272 e. The van der Waals surface area contributed by atoms with Crippen LogP contribution in [0, 0.1) is 0 Å². The van der Waals surface area contributed by atoms with Crippen LogP contribution in [0.2, 0.25) is 0 Å². The Morgan fingerprint density at radius 2 is 2.13 bits per heavy atom. The zero-order valence-electron chi connectivity index (χ0n) is 12.4. The summed E-state index contributed by atoms with van der Waals surface area (Å²) in [4.78, 5) is 16.5. The maximum absolute atomic E-state index is 12.4. The second-order valence-electron chi connectivity index (χ2n) is 5.33. The molecule has 114 valence electrons. The van der Waals surface area contributed by atoms with E-state index in [9.17, 15) is 4.79 Å². The van der Waals surface area contributed by atoms with Crippen molar-refractivity contribution < 1.29 is 9.21 Å². The van der Waals surface area contributed by atoms with Crippen LogP contribution in [0.1, 0.15) is 29.2 Å². The molecule has 0 saturated heterocycles. The molecule has 0 radical (unpaired) electrons. The van der Waals surface area contributed by atoms with Gasteiger partial charge in [-0.15, -0.1) is 0 Å². The van der Waals surface area contributed by atoms with Gasteiger partial charge in [0.05, 0.1) is 6.04 Å². The van der Waals surface area contributed by atoms with Gasteiger partial charge in [0.15, 0.2) is 11.3 Å². The molecule has 0 unspecified atom stereocenters. The number of carbonyl (C=O) groups is 1. The van der Waals surface area contributed by atoms with Crippen molar-refractivity contribution in [1.82, 2.24) is 19.9 Å². The molecule has 4 rings (SSSR count). The van der Waals surface area contributed by atoms with E-state index in [1.165, 1.54) is 0 Å². The maximum atomic E-state index is 12.4. The Bertz CT molecular complexity index is 936. The Morgan fingerprint density at radius 3 is 2.96 bits per heavy atom. The SMILES string of the molecule is C[C@H](NC(=O)c1cc2ncccn2n1)c1cc2ccccc2o1. The quantitative estimate of drug-likeness (QED) is 0.631. The molecule has 0 aliphatic carbocycles. The lowest BCUT2D eigenvalue weighted by atomic mass is 10.2. The second-order valence-corrected chi connectivity index (χ2v) is 5.33. The third kappa shape index (κ3) is 2.44. The van der Waals surface area contributed by atoms with Crippen LogP contribution in [-0.2, 0) is 0 Å². The highest BCUT2D eigenvalue weighted by molar-refractivity contribution is 5.93. The Hall–Kier alpha value is -3.15. The Kier molecular flexibility index (Phi) is 3.08. The summed E-state index contributed by atoms with van der Waals surface area (Å²) in [5.41, 5.74) is 1.77. The van der Waals surface area contributed by atoms with Gasteiger partial charge in [-0.2, -0.15) is 5.10 Å². The van der Waals surface area contributed by atoms with Crippen molar-refractivity contribution in [3.63, 3.8) is 0 Å². The predicted molar refractivity (Wildman–Crippen MR) is 85.1 cm³/mol. The molecular weight excluding hydrogens is 292 g/mol. The second kappa shape index (κ2) is 5.24. The Labute approximate surface area is 131 Å². The average Bonchev–Trinajstić information content (AvgIpc) is 3.18.